The van der Waals surface area contributed by atoms with Crippen molar-refractivity contribution in [1.29, 1.82) is 0 Å². The molecule has 2 aliphatic carbocycles. The fourth-order valence-electron chi connectivity index (χ4n) is 6.11. The summed E-state index contributed by atoms with van der Waals surface area (Å²) < 4.78 is 5.69. The highest BCUT2D eigenvalue weighted by molar-refractivity contribution is 5.91. The summed E-state index contributed by atoms with van der Waals surface area (Å²) in [7, 11) is 0. The number of rotatable bonds is 7. The van der Waals surface area contributed by atoms with E-state index in [1.54, 1.807) is 4.90 Å². The summed E-state index contributed by atoms with van der Waals surface area (Å²) >= 11 is 0. The van der Waals surface area contributed by atoms with E-state index in [4.69, 9.17) is 4.74 Å². The van der Waals surface area contributed by atoms with Crippen LogP contribution in [0.15, 0.2) is 48.5 Å². The average Bonchev–Trinajstić information content (AvgIpc) is 3.51. The van der Waals surface area contributed by atoms with Crippen LogP contribution < -0.4 is 5.32 Å². The maximum absolute atomic E-state index is 13.5. The number of nitrogens with zero attached hydrogens (tertiary/aromatic N) is 1. The van der Waals surface area contributed by atoms with Crippen LogP contribution in [-0.4, -0.2) is 52.7 Å². The van der Waals surface area contributed by atoms with Crippen LogP contribution in [0.25, 0.3) is 11.1 Å². The summed E-state index contributed by atoms with van der Waals surface area (Å²) in [5.74, 6) is -1.60. The molecule has 0 spiro atoms. The highest BCUT2D eigenvalue weighted by Crippen LogP contribution is 2.48. The van der Waals surface area contributed by atoms with Gasteiger partial charge in [-0.25, -0.2) is 4.79 Å². The summed E-state index contributed by atoms with van der Waals surface area (Å²) in [6.45, 7) is 4.34. The molecule has 2 N–H and O–H groups in total. The fraction of sp³-hybridized carbons (Fsp3) is 0.444. The highest BCUT2D eigenvalue weighted by atomic mass is 16.5. The zero-order valence-corrected chi connectivity index (χ0v) is 19.5. The number of carbonyl (C=O) groups excluding carboxylic acids is 2. The molecule has 6 rings (SSSR count). The zero-order valence-electron chi connectivity index (χ0n) is 19.5. The van der Waals surface area contributed by atoms with Crippen molar-refractivity contribution in [2.24, 2.45) is 11.8 Å². The van der Waals surface area contributed by atoms with Crippen molar-refractivity contribution in [3.8, 4) is 11.1 Å². The van der Waals surface area contributed by atoms with Crippen LogP contribution in [0.2, 0.25) is 0 Å². The second-order valence-electron chi connectivity index (χ2n) is 9.62. The quantitative estimate of drug-likeness (QED) is 0.648. The number of hydrogen-bond acceptors (Lipinski definition) is 4. The SMILES string of the molecule is CCC(CC)(NC(=O)OCC1c2ccccc2-c2ccccc21)C(=O)N1CC2CC1C2C(=O)O. The van der Waals surface area contributed by atoms with Gasteiger partial charge in [0.1, 0.15) is 12.1 Å². The van der Waals surface area contributed by atoms with Crippen molar-refractivity contribution in [1.82, 2.24) is 10.2 Å². The van der Waals surface area contributed by atoms with E-state index in [1.807, 2.05) is 38.1 Å². The van der Waals surface area contributed by atoms with E-state index < -0.39 is 23.5 Å². The molecule has 2 amide bonds. The third-order valence-electron chi connectivity index (χ3n) is 8.15. The first-order chi connectivity index (χ1) is 16.4. The Kier molecular flexibility index (Phi) is 5.58. The maximum atomic E-state index is 13.5. The number of alkyl carbamates (subject to hydrolysis) is 1. The number of ether oxygens (including phenoxy) is 1. The molecular formula is C27H30N2O5. The molecule has 0 radical (unpaired) electrons. The summed E-state index contributed by atoms with van der Waals surface area (Å²) in [6.07, 6.45) is 0.897. The molecule has 7 nitrogen and oxygen atoms in total. The summed E-state index contributed by atoms with van der Waals surface area (Å²) in [6, 6.07) is 16.0. The van der Waals surface area contributed by atoms with Gasteiger partial charge in [-0.1, -0.05) is 62.4 Å². The molecule has 2 heterocycles. The van der Waals surface area contributed by atoms with Crippen LogP contribution in [0.1, 0.15) is 50.2 Å². The van der Waals surface area contributed by atoms with Crippen molar-refractivity contribution in [3.05, 3.63) is 59.7 Å². The average molecular weight is 463 g/mol. The lowest BCUT2D eigenvalue weighted by atomic mass is 9.74. The molecule has 178 valence electrons. The van der Waals surface area contributed by atoms with Crippen molar-refractivity contribution in [3.63, 3.8) is 0 Å². The Morgan fingerprint density at radius 1 is 1.03 bits per heavy atom. The molecule has 34 heavy (non-hydrogen) atoms. The van der Waals surface area contributed by atoms with Gasteiger partial charge in [0.05, 0.1) is 5.92 Å². The van der Waals surface area contributed by atoms with E-state index in [9.17, 15) is 19.5 Å². The number of aliphatic carboxylic acids is 1. The van der Waals surface area contributed by atoms with Crippen LogP contribution in [-0.2, 0) is 14.3 Å². The van der Waals surface area contributed by atoms with Crippen LogP contribution in [0, 0.1) is 11.8 Å². The standard InChI is InChI=1S/C27H30N2O5/c1-3-27(4-2,25(32)29-14-16-13-22(29)23(16)24(30)31)28-26(33)34-15-21-19-11-7-5-9-17(19)18-10-6-8-12-20(18)21/h5-12,16,21-23H,3-4,13-15H2,1-2H3,(H,28,33)(H,30,31). The van der Waals surface area contributed by atoms with Crippen molar-refractivity contribution in [2.75, 3.05) is 13.2 Å². The molecule has 0 aromatic heterocycles. The van der Waals surface area contributed by atoms with Gasteiger partial charge in [-0.3, -0.25) is 9.59 Å². The lowest BCUT2D eigenvalue weighted by Gasteiger charge is -2.38. The molecule has 2 aliphatic heterocycles. The number of nitrogens with one attached hydrogen (secondary N) is 1. The van der Waals surface area contributed by atoms with E-state index in [1.165, 1.54) is 0 Å². The molecule has 3 unspecified atom stereocenters. The number of carbonyl (C=O) groups is 3. The molecule has 2 aromatic rings. The third kappa shape index (κ3) is 3.37. The Balaban J connectivity index is 1.29. The van der Waals surface area contributed by atoms with E-state index >= 15 is 0 Å². The minimum Gasteiger partial charge on any atom is -0.481 e. The minimum absolute atomic E-state index is 0.00677. The largest absolute Gasteiger partial charge is 0.481 e. The number of amides is 2. The summed E-state index contributed by atoms with van der Waals surface area (Å²) in [5.41, 5.74) is 3.45. The van der Waals surface area contributed by atoms with E-state index in [0.717, 1.165) is 28.7 Å². The third-order valence-corrected chi connectivity index (χ3v) is 8.15. The van der Waals surface area contributed by atoms with Gasteiger partial charge in [-0.15, -0.1) is 0 Å². The predicted molar refractivity (Wildman–Crippen MR) is 126 cm³/mol. The van der Waals surface area contributed by atoms with Gasteiger partial charge in [0, 0.05) is 18.5 Å². The molecule has 1 saturated carbocycles. The first kappa shape index (κ1) is 22.4. The normalized spacial score (nSPS) is 22.5. The predicted octanol–water partition coefficient (Wildman–Crippen LogP) is 4.02. The Morgan fingerprint density at radius 3 is 2.15 bits per heavy atom. The van der Waals surface area contributed by atoms with Crippen molar-refractivity contribution < 1.29 is 24.2 Å². The molecule has 2 aromatic carbocycles. The minimum atomic E-state index is -1.11. The Morgan fingerprint density at radius 2 is 1.62 bits per heavy atom. The number of hydrogen-bond donors (Lipinski definition) is 2. The van der Waals surface area contributed by atoms with E-state index in [2.05, 4.69) is 29.6 Å². The molecule has 3 fully saturated rings. The number of carboxylic acid groups (broad SMARTS) is 1. The van der Waals surface area contributed by atoms with Crippen molar-refractivity contribution >= 4 is 18.0 Å². The lowest BCUT2D eigenvalue weighted by molar-refractivity contribution is -0.149. The molecule has 7 heteroatoms. The second kappa shape index (κ2) is 8.46. The zero-order chi connectivity index (χ0) is 24.0. The van der Waals surface area contributed by atoms with E-state index in [-0.39, 0.29) is 30.4 Å². The van der Waals surface area contributed by atoms with Gasteiger partial charge >= 0.3 is 12.1 Å². The van der Waals surface area contributed by atoms with Crippen LogP contribution >= 0.6 is 0 Å². The first-order valence-electron chi connectivity index (χ1n) is 12.1. The van der Waals surface area contributed by atoms with Gasteiger partial charge in [-0.05, 0) is 47.4 Å². The van der Waals surface area contributed by atoms with Crippen LogP contribution in [0.4, 0.5) is 4.79 Å². The number of benzene rings is 2. The number of carboxylic acids is 1. The van der Waals surface area contributed by atoms with E-state index in [0.29, 0.717) is 19.4 Å². The lowest BCUT2D eigenvalue weighted by Crippen LogP contribution is -2.60. The molecule has 2 bridgehead atoms. The number of fused-ring (bicyclic) bond motifs is 4. The Labute approximate surface area is 199 Å². The summed E-state index contributed by atoms with van der Waals surface area (Å²) in [4.78, 5) is 39.7. The van der Waals surface area contributed by atoms with Gasteiger partial charge in [0.15, 0.2) is 0 Å². The molecule has 4 aliphatic rings. The molecule has 3 atom stereocenters. The second-order valence-corrected chi connectivity index (χ2v) is 9.62. The van der Waals surface area contributed by atoms with Crippen molar-refractivity contribution in [2.45, 2.75) is 50.6 Å². The Hall–Kier alpha value is -3.35. The monoisotopic (exact) mass is 462 g/mol. The summed E-state index contributed by atoms with van der Waals surface area (Å²) in [5, 5.41) is 12.3. The van der Waals surface area contributed by atoms with Gasteiger partial charge in [-0.2, -0.15) is 0 Å². The molecule has 2 saturated heterocycles. The fourth-order valence-corrected chi connectivity index (χ4v) is 6.11. The first-order valence-corrected chi connectivity index (χ1v) is 12.1. The van der Waals surface area contributed by atoms with Crippen LogP contribution in [0.5, 0.6) is 0 Å². The van der Waals surface area contributed by atoms with Gasteiger partial charge in [0.2, 0.25) is 5.91 Å². The van der Waals surface area contributed by atoms with Gasteiger partial charge in [0.25, 0.3) is 0 Å². The van der Waals surface area contributed by atoms with Crippen LogP contribution in [0.3, 0.4) is 0 Å². The topological polar surface area (TPSA) is 95.9 Å². The Bertz CT molecular complexity index is 1100. The highest BCUT2D eigenvalue weighted by Gasteiger charge is 2.59. The van der Waals surface area contributed by atoms with Gasteiger partial charge < -0.3 is 20.1 Å². The molecular weight excluding hydrogens is 432 g/mol. The maximum Gasteiger partial charge on any atom is 0.408 e. The smallest absolute Gasteiger partial charge is 0.408 e.